The molecular formula is C16H15F2N. The summed E-state index contributed by atoms with van der Waals surface area (Å²) < 4.78 is 26.9. The summed E-state index contributed by atoms with van der Waals surface area (Å²) in [7, 11) is 0. The molecule has 1 saturated carbocycles. The fraction of sp³-hybridized carbons (Fsp3) is 0.250. The summed E-state index contributed by atoms with van der Waals surface area (Å²) in [6, 6.07) is 13.5. The average Bonchev–Trinajstić information content (AvgIpc) is 3.25. The molecule has 3 heteroatoms. The Labute approximate surface area is 111 Å². The molecule has 0 radical (unpaired) electrons. The highest BCUT2D eigenvalue weighted by molar-refractivity contribution is 5.47. The van der Waals surface area contributed by atoms with Crippen molar-refractivity contribution in [1.82, 2.24) is 0 Å². The van der Waals surface area contributed by atoms with Gasteiger partial charge in [-0.2, -0.15) is 0 Å². The van der Waals surface area contributed by atoms with Gasteiger partial charge in [0.1, 0.15) is 11.6 Å². The van der Waals surface area contributed by atoms with Crippen molar-refractivity contribution < 1.29 is 8.78 Å². The largest absolute Gasteiger partial charge is 0.376 e. The maximum Gasteiger partial charge on any atom is 0.146 e. The SMILES string of the molecule is Fc1ccc(F)c(NC(c2ccccc2)C2CC2)c1. The standard InChI is InChI=1S/C16H15F2N/c17-13-8-9-14(18)15(10-13)19-16(12-6-7-12)11-4-2-1-3-5-11/h1-5,8-10,12,16,19H,6-7H2. The van der Waals surface area contributed by atoms with Crippen molar-refractivity contribution in [2.24, 2.45) is 5.92 Å². The van der Waals surface area contributed by atoms with Gasteiger partial charge in [-0.15, -0.1) is 0 Å². The third kappa shape index (κ3) is 2.75. The first-order chi connectivity index (χ1) is 9.24. The summed E-state index contributed by atoms with van der Waals surface area (Å²) in [5, 5.41) is 3.15. The summed E-state index contributed by atoms with van der Waals surface area (Å²) in [5.74, 6) is -0.334. The number of anilines is 1. The van der Waals surface area contributed by atoms with Crippen LogP contribution in [0.25, 0.3) is 0 Å². The van der Waals surface area contributed by atoms with Gasteiger partial charge in [-0.25, -0.2) is 8.78 Å². The number of benzene rings is 2. The molecule has 3 rings (SSSR count). The molecule has 1 atom stereocenters. The van der Waals surface area contributed by atoms with Crippen LogP contribution in [-0.4, -0.2) is 0 Å². The van der Waals surface area contributed by atoms with Gasteiger partial charge in [-0.3, -0.25) is 0 Å². The van der Waals surface area contributed by atoms with Gasteiger partial charge in [-0.1, -0.05) is 30.3 Å². The van der Waals surface area contributed by atoms with Crippen molar-refractivity contribution in [3.05, 3.63) is 65.7 Å². The van der Waals surface area contributed by atoms with E-state index >= 15 is 0 Å². The van der Waals surface area contributed by atoms with Crippen LogP contribution in [0.1, 0.15) is 24.4 Å². The van der Waals surface area contributed by atoms with Gasteiger partial charge < -0.3 is 5.32 Å². The molecule has 98 valence electrons. The van der Waals surface area contributed by atoms with Gasteiger partial charge in [-0.05, 0) is 42.5 Å². The molecule has 19 heavy (non-hydrogen) atoms. The van der Waals surface area contributed by atoms with Gasteiger partial charge in [0, 0.05) is 0 Å². The zero-order chi connectivity index (χ0) is 13.2. The van der Waals surface area contributed by atoms with Crippen LogP contribution in [0.2, 0.25) is 0 Å². The average molecular weight is 259 g/mol. The zero-order valence-electron chi connectivity index (χ0n) is 10.4. The molecule has 1 unspecified atom stereocenters. The predicted molar refractivity (Wildman–Crippen MR) is 71.9 cm³/mol. The fourth-order valence-corrected chi connectivity index (χ4v) is 2.34. The van der Waals surface area contributed by atoms with Gasteiger partial charge >= 0.3 is 0 Å². The highest BCUT2D eigenvalue weighted by Crippen LogP contribution is 2.43. The predicted octanol–water partition coefficient (Wildman–Crippen LogP) is 4.53. The van der Waals surface area contributed by atoms with Crippen molar-refractivity contribution in [2.45, 2.75) is 18.9 Å². The molecule has 1 fully saturated rings. The van der Waals surface area contributed by atoms with Crippen molar-refractivity contribution >= 4 is 5.69 Å². The van der Waals surface area contributed by atoms with Gasteiger partial charge in [0.25, 0.3) is 0 Å². The molecule has 1 aliphatic rings. The summed E-state index contributed by atoms with van der Waals surface area (Å²) in [6.45, 7) is 0. The second kappa shape index (κ2) is 5.00. The topological polar surface area (TPSA) is 12.0 Å². The van der Waals surface area contributed by atoms with Crippen molar-refractivity contribution in [3.8, 4) is 0 Å². The Morgan fingerprint density at radius 2 is 1.74 bits per heavy atom. The van der Waals surface area contributed by atoms with Gasteiger partial charge in [0.05, 0.1) is 11.7 Å². The first-order valence-corrected chi connectivity index (χ1v) is 6.50. The van der Waals surface area contributed by atoms with E-state index < -0.39 is 11.6 Å². The van der Waals surface area contributed by atoms with Crippen LogP contribution in [0.3, 0.4) is 0 Å². The molecule has 2 aromatic carbocycles. The third-order valence-corrected chi connectivity index (χ3v) is 3.49. The summed E-state index contributed by atoms with van der Waals surface area (Å²) in [4.78, 5) is 0. The minimum Gasteiger partial charge on any atom is -0.376 e. The Morgan fingerprint density at radius 1 is 1.00 bits per heavy atom. The summed E-state index contributed by atoms with van der Waals surface area (Å²) in [5.41, 5.74) is 1.36. The van der Waals surface area contributed by atoms with Crippen LogP contribution < -0.4 is 5.32 Å². The lowest BCUT2D eigenvalue weighted by Gasteiger charge is -2.20. The molecule has 2 aromatic rings. The molecule has 0 aliphatic heterocycles. The van der Waals surface area contributed by atoms with Crippen LogP contribution in [0, 0.1) is 17.6 Å². The maximum atomic E-state index is 13.7. The van der Waals surface area contributed by atoms with E-state index in [2.05, 4.69) is 5.32 Å². The highest BCUT2D eigenvalue weighted by atomic mass is 19.1. The zero-order valence-corrected chi connectivity index (χ0v) is 10.4. The highest BCUT2D eigenvalue weighted by Gasteiger charge is 2.32. The van der Waals surface area contributed by atoms with Crippen LogP contribution >= 0.6 is 0 Å². The molecule has 1 nitrogen and oxygen atoms in total. The van der Waals surface area contributed by atoms with E-state index in [1.165, 1.54) is 6.07 Å². The second-order valence-electron chi connectivity index (χ2n) is 4.99. The van der Waals surface area contributed by atoms with E-state index in [1.807, 2.05) is 30.3 Å². The lowest BCUT2D eigenvalue weighted by Crippen LogP contribution is -2.14. The maximum absolute atomic E-state index is 13.7. The summed E-state index contributed by atoms with van der Waals surface area (Å²) >= 11 is 0. The first kappa shape index (κ1) is 12.2. The number of hydrogen-bond acceptors (Lipinski definition) is 1. The molecular weight excluding hydrogens is 244 g/mol. The number of nitrogens with one attached hydrogen (secondary N) is 1. The van der Waals surface area contributed by atoms with Crippen LogP contribution in [0.5, 0.6) is 0 Å². The van der Waals surface area contributed by atoms with Crippen LogP contribution in [0.4, 0.5) is 14.5 Å². The Balaban J connectivity index is 1.88. The quantitative estimate of drug-likeness (QED) is 0.850. The number of halogens is 2. The molecule has 0 spiro atoms. The lowest BCUT2D eigenvalue weighted by molar-refractivity contribution is 0.594. The molecule has 0 aromatic heterocycles. The molecule has 0 amide bonds. The van der Waals surface area contributed by atoms with E-state index in [-0.39, 0.29) is 11.7 Å². The number of rotatable bonds is 4. The smallest absolute Gasteiger partial charge is 0.146 e. The Kier molecular flexibility index (Phi) is 3.20. The fourth-order valence-electron chi connectivity index (χ4n) is 2.34. The number of hydrogen-bond donors (Lipinski definition) is 1. The van der Waals surface area contributed by atoms with E-state index in [4.69, 9.17) is 0 Å². The molecule has 0 heterocycles. The van der Waals surface area contributed by atoms with Crippen molar-refractivity contribution in [2.75, 3.05) is 5.32 Å². The van der Waals surface area contributed by atoms with E-state index in [9.17, 15) is 8.78 Å². The van der Waals surface area contributed by atoms with Crippen LogP contribution in [0.15, 0.2) is 48.5 Å². The monoisotopic (exact) mass is 259 g/mol. The van der Waals surface area contributed by atoms with Crippen molar-refractivity contribution in [1.29, 1.82) is 0 Å². The molecule has 1 aliphatic carbocycles. The lowest BCUT2D eigenvalue weighted by atomic mass is 10.0. The normalized spacial score (nSPS) is 16.1. The van der Waals surface area contributed by atoms with Crippen LogP contribution in [-0.2, 0) is 0 Å². The second-order valence-corrected chi connectivity index (χ2v) is 4.99. The summed E-state index contributed by atoms with van der Waals surface area (Å²) in [6.07, 6.45) is 2.26. The van der Waals surface area contributed by atoms with E-state index in [0.29, 0.717) is 5.92 Å². The molecule has 0 bridgehead atoms. The Morgan fingerprint density at radius 3 is 2.42 bits per heavy atom. The molecule has 1 N–H and O–H groups in total. The van der Waals surface area contributed by atoms with E-state index in [0.717, 1.165) is 30.5 Å². The van der Waals surface area contributed by atoms with Gasteiger partial charge in [0.2, 0.25) is 0 Å². The first-order valence-electron chi connectivity index (χ1n) is 6.50. The Hall–Kier alpha value is -1.90. The van der Waals surface area contributed by atoms with E-state index in [1.54, 1.807) is 0 Å². The molecule has 0 saturated heterocycles. The van der Waals surface area contributed by atoms with Crippen molar-refractivity contribution in [3.63, 3.8) is 0 Å². The Bertz CT molecular complexity index is 564. The third-order valence-electron chi connectivity index (χ3n) is 3.49. The van der Waals surface area contributed by atoms with Gasteiger partial charge in [0.15, 0.2) is 0 Å². The minimum atomic E-state index is -0.425. The minimum absolute atomic E-state index is 0.0532.